The molecule has 1 aliphatic rings. The lowest BCUT2D eigenvalue weighted by molar-refractivity contribution is -0.116. The lowest BCUT2D eigenvalue weighted by Gasteiger charge is -2.32. The van der Waals surface area contributed by atoms with Gasteiger partial charge >= 0.3 is 0 Å². The zero-order chi connectivity index (χ0) is 20.6. The molecule has 0 bridgehead atoms. The summed E-state index contributed by atoms with van der Waals surface area (Å²) in [5.41, 5.74) is 6.21. The zero-order valence-corrected chi connectivity index (χ0v) is 16.5. The molecule has 0 radical (unpaired) electrons. The van der Waals surface area contributed by atoms with Gasteiger partial charge < -0.3 is 25.4 Å². The van der Waals surface area contributed by atoms with Gasteiger partial charge in [0, 0.05) is 44.0 Å². The number of carbonyl (C=O) groups excluding carboxylic acids is 2. The third kappa shape index (κ3) is 6.18. The Morgan fingerprint density at radius 1 is 1.17 bits per heavy atom. The van der Waals surface area contributed by atoms with Crippen LogP contribution in [-0.2, 0) is 4.79 Å². The van der Waals surface area contributed by atoms with Gasteiger partial charge in [0.2, 0.25) is 5.91 Å². The summed E-state index contributed by atoms with van der Waals surface area (Å²) in [5.74, 6) is 0.777. The van der Waals surface area contributed by atoms with Crippen LogP contribution >= 0.6 is 0 Å². The molecule has 8 heteroatoms. The van der Waals surface area contributed by atoms with E-state index in [0.29, 0.717) is 18.7 Å². The fraction of sp³-hybridized carbons (Fsp3) is 0.381. The molecule has 1 fully saturated rings. The minimum Gasteiger partial charge on any atom is -0.497 e. The van der Waals surface area contributed by atoms with Crippen LogP contribution in [0.5, 0.6) is 11.5 Å². The average molecular weight is 398 g/mol. The highest BCUT2D eigenvalue weighted by molar-refractivity contribution is 5.91. The lowest BCUT2D eigenvalue weighted by Crippen LogP contribution is -2.39. The van der Waals surface area contributed by atoms with Gasteiger partial charge in [-0.1, -0.05) is 0 Å². The van der Waals surface area contributed by atoms with Crippen LogP contribution in [0.15, 0.2) is 42.6 Å². The number of benzene rings is 1. The second-order valence-corrected chi connectivity index (χ2v) is 6.93. The van der Waals surface area contributed by atoms with Crippen LogP contribution in [0.3, 0.4) is 0 Å². The maximum Gasteiger partial charge on any atom is 0.267 e. The Morgan fingerprint density at radius 3 is 2.55 bits per heavy atom. The van der Waals surface area contributed by atoms with Crippen molar-refractivity contribution in [1.29, 1.82) is 0 Å². The Labute approximate surface area is 170 Å². The monoisotopic (exact) mass is 398 g/mol. The second-order valence-electron chi connectivity index (χ2n) is 6.93. The molecule has 2 amide bonds. The van der Waals surface area contributed by atoms with Crippen molar-refractivity contribution >= 4 is 17.5 Å². The molecule has 29 heavy (non-hydrogen) atoms. The van der Waals surface area contributed by atoms with E-state index in [1.807, 2.05) is 24.3 Å². The first-order valence-corrected chi connectivity index (χ1v) is 9.62. The highest BCUT2D eigenvalue weighted by Crippen LogP contribution is 2.20. The van der Waals surface area contributed by atoms with E-state index in [9.17, 15) is 9.59 Å². The van der Waals surface area contributed by atoms with E-state index in [1.165, 1.54) is 6.20 Å². The summed E-state index contributed by atoms with van der Waals surface area (Å²) in [6.07, 6.45) is 3.74. The Morgan fingerprint density at radius 2 is 1.90 bits per heavy atom. The van der Waals surface area contributed by atoms with Gasteiger partial charge in [-0.3, -0.25) is 14.6 Å². The maximum absolute atomic E-state index is 12.2. The topological polar surface area (TPSA) is 107 Å². The molecule has 1 aromatic heterocycles. The van der Waals surface area contributed by atoms with E-state index in [4.69, 9.17) is 15.2 Å². The van der Waals surface area contributed by atoms with E-state index in [1.54, 1.807) is 19.2 Å². The number of nitrogens with one attached hydrogen (secondary N) is 1. The third-order valence-corrected chi connectivity index (χ3v) is 4.85. The number of hydrogen-bond acceptors (Lipinski definition) is 6. The molecule has 2 heterocycles. The first-order valence-electron chi connectivity index (χ1n) is 9.62. The third-order valence-electron chi connectivity index (χ3n) is 4.85. The fourth-order valence-electron chi connectivity index (χ4n) is 3.22. The molecule has 0 aliphatic carbocycles. The molecule has 8 nitrogen and oxygen atoms in total. The summed E-state index contributed by atoms with van der Waals surface area (Å²) < 4.78 is 11.1. The second kappa shape index (κ2) is 9.88. The number of pyridine rings is 1. The molecule has 3 N–H and O–H groups in total. The van der Waals surface area contributed by atoms with Crippen molar-refractivity contribution < 1.29 is 19.1 Å². The molecule has 1 saturated heterocycles. The number of ether oxygens (including phenoxy) is 2. The van der Waals surface area contributed by atoms with Crippen LogP contribution < -0.4 is 20.5 Å². The molecule has 1 aromatic carbocycles. The molecular weight excluding hydrogens is 372 g/mol. The van der Waals surface area contributed by atoms with Crippen molar-refractivity contribution in [2.75, 3.05) is 32.1 Å². The van der Waals surface area contributed by atoms with Gasteiger partial charge in [0.05, 0.1) is 7.11 Å². The fourth-order valence-corrected chi connectivity index (χ4v) is 3.22. The van der Waals surface area contributed by atoms with Gasteiger partial charge in [-0.2, -0.15) is 0 Å². The van der Waals surface area contributed by atoms with Gasteiger partial charge in [-0.15, -0.1) is 0 Å². The number of amides is 2. The predicted molar refractivity (Wildman–Crippen MR) is 109 cm³/mol. The summed E-state index contributed by atoms with van der Waals surface area (Å²) in [5, 5.41) is 2.90. The van der Waals surface area contributed by atoms with Crippen LogP contribution in [0, 0.1) is 0 Å². The van der Waals surface area contributed by atoms with Crippen LogP contribution in [0.4, 0.5) is 5.69 Å². The number of likely N-dealkylation sites (tertiary alicyclic amines) is 1. The molecule has 3 rings (SSSR count). The Kier molecular flexibility index (Phi) is 7.02. The van der Waals surface area contributed by atoms with Gasteiger partial charge in [0.15, 0.2) is 0 Å². The summed E-state index contributed by atoms with van der Waals surface area (Å²) in [6.45, 7) is 2.41. The average Bonchev–Trinajstić information content (AvgIpc) is 2.74. The van der Waals surface area contributed by atoms with Crippen molar-refractivity contribution in [3.05, 3.63) is 48.3 Å². The number of aromatic nitrogens is 1. The number of anilines is 1. The van der Waals surface area contributed by atoms with Gasteiger partial charge in [0.1, 0.15) is 23.3 Å². The summed E-state index contributed by atoms with van der Waals surface area (Å²) in [6, 6.07) is 10.6. The van der Waals surface area contributed by atoms with E-state index >= 15 is 0 Å². The van der Waals surface area contributed by atoms with Gasteiger partial charge in [-0.05, 0) is 43.2 Å². The Hall–Kier alpha value is -3.13. The lowest BCUT2D eigenvalue weighted by atomic mass is 10.1. The van der Waals surface area contributed by atoms with Crippen molar-refractivity contribution in [2.45, 2.75) is 25.4 Å². The number of rotatable bonds is 8. The number of methoxy groups -OCH3 is 1. The normalized spacial score (nSPS) is 14.9. The number of nitrogens with two attached hydrogens (primary N) is 1. The highest BCUT2D eigenvalue weighted by atomic mass is 16.5. The molecule has 0 spiro atoms. The molecule has 0 atom stereocenters. The van der Waals surface area contributed by atoms with Crippen molar-refractivity contribution in [1.82, 2.24) is 9.88 Å². The standard InChI is InChI=1S/C21H26N4O4/c1-28-16-4-2-15(3-5-16)24-20(26)9-13-25-11-7-17(8-12-25)29-18-6-10-23-19(14-18)21(22)27/h2-6,10,14,17H,7-9,11-13H2,1H3,(H2,22,27)(H,24,26). The van der Waals surface area contributed by atoms with Crippen LogP contribution in [-0.4, -0.2) is 54.5 Å². The SMILES string of the molecule is COc1ccc(NC(=O)CCN2CCC(Oc3ccnc(C(N)=O)c3)CC2)cc1. The van der Waals surface area contributed by atoms with Gasteiger partial charge in [0.25, 0.3) is 5.91 Å². The van der Waals surface area contributed by atoms with Crippen molar-refractivity contribution in [3.8, 4) is 11.5 Å². The minimum atomic E-state index is -0.571. The largest absolute Gasteiger partial charge is 0.497 e. The molecule has 1 aliphatic heterocycles. The van der Waals surface area contributed by atoms with Crippen LogP contribution in [0.2, 0.25) is 0 Å². The first kappa shape index (κ1) is 20.6. The minimum absolute atomic E-state index is 0.00990. The number of carbonyl (C=O) groups is 2. The van der Waals surface area contributed by atoms with Crippen molar-refractivity contribution in [2.24, 2.45) is 5.73 Å². The molecule has 0 saturated carbocycles. The summed E-state index contributed by atoms with van der Waals surface area (Å²) >= 11 is 0. The van der Waals surface area contributed by atoms with Crippen molar-refractivity contribution in [3.63, 3.8) is 0 Å². The number of hydrogen-bond donors (Lipinski definition) is 2. The highest BCUT2D eigenvalue weighted by Gasteiger charge is 2.21. The Balaban J connectivity index is 1.38. The Bertz CT molecular complexity index is 833. The quantitative estimate of drug-likeness (QED) is 0.705. The number of nitrogens with zero attached hydrogens (tertiary/aromatic N) is 2. The van der Waals surface area contributed by atoms with E-state index in [0.717, 1.165) is 37.4 Å². The van der Waals surface area contributed by atoms with Crippen LogP contribution in [0.1, 0.15) is 29.8 Å². The predicted octanol–water partition coefficient (Wildman–Crippen LogP) is 2.06. The maximum atomic E-state index is 12.2. The zero-order valence-electron chi connectivity index (χ0n) is 16.5. The molecule has 154 valence electrons. The van der Waals surface area contributed by atoms with E-state index in [-0.39, 0.29) is 17.7 Å². The molecule has 2 aromatic rings. The smallest absolute Gasteiger partial charge is 0.267 e. The number of primary amides is 1. The van der Waals surface area contributed by atoms with Crippen LogP contribution in [0.25, 0.3) is 0 Å². The number of piperidine rings is 1. The summed E-state index contributed by atoms with van der Waals surface area (Å²) in [7, 11) is 1.61. The van der Waals surface area contributed by atoms with E-state index < -0.39 is 5.91 Å². The molecular formula is C21H26N4O4. The van der Waals surface area contributed by atoms with E-state index in [2.05, 4.69) is 15.2 Å². The summed E-state index contributed by atoms with van der Waals surface area (Å²) in [4.78, 5) is 29.6. The first-order chi connectivity index (χ1) is 14.0. The molecule has 0 unspecified atom stereocenters. The van der Waals surface area contributed by atoms with Gasteiger partial charge in [-0.25, -0.2) is 0 Å².